The molecule has 0 amide bonds. The molecule has 5 rings (SSSR count). The van der Waals surface area contributed by atoms with Crippen LogP contribution in [0.25, 0.3) is 6.08 Å². The van der Waals surface area contributed by atoms with Gasteiger partial charge in [-0.25, -0.2) is 4.79 Å². The first-order chi connectivity index (χ1) is 17.1. The molecule has 1 aromatic rings. The maximum Gasteiger partial charge on any atom is 0.331 e. The SMILES string of the molecule is C[C@]12O[C@H]1[C@H](OC(=O)/C=C/c1ccc(O)cc1)[C@]1(O)C=CO[C@@H](O[C@@H]3O[C@H](CO)[C@@H](O)[C@H](O)[C@H]3O)[C@@H]12. The van der Waals surface area contributed by atoms with Gasteiger partial charge in [0.15, 0.2) is 12.4 Å². The fourth-order valence-corrected chi connectivity index (χ4v) is 5.21. The summed E-state index contributed by atoms with van der Waals surface area (Å²) in [6.07, 6.45) is -5.42. The highest BCUT2D eigenvalue weighted by atomic mass is 16.8. The lowest BCUT2D eigenvalue weighted by atomic mass is 9.82. The van der Waals surface area contributed by atoms with Gasteiger partial charge in [0.2, 0.25) is 6.29 Å². The summed E-state index contributed by atoms with van der Waals surface area (Å²) in [5, 5.41) is 60.7. The van der Waals surface area contributed by atoms with E-state index < -0.39 is 78.9 Å². The Morgan fingerprint density at radius 1 is 1.11 bits per heavy atom. The molecule has 6 N–H and O–H groups in total. The highest BCUT2D eigenvalue weighted by Gasteiger charge is 2.80. The van der Waals surface area contributed by atoms with Crippen LogP contribution in [0.2, 0.25) is 0 Å². The van der Waals surface area contributed by atoms with E-state index in [1.54, 1.807) is 19.1 Å². The van der Waals surface area contributed by atoms with Gasteiger partial charge in [-0.3, -0.25) is 0 Å². The molecule has 11 atom stereocenters. The summed E-state index contributed by atoms with van der Waals surface area (Å²) in [5.41, 5.74) is -2.11. The van der Waals surface area contributed by atoms with Crippen LogP contribution in [0.3, 0.4) is 0 Å². The van der Waals surface area contributed by atoms with Gasteiger partial charge < -0.3 is 54.3 Å². The van der Waals surface area contributed by atoms with Crippen LogP contribution in [0.4, 0.5) is 0 Å². The quantitative estimate of drug-likeness (QED) is 0.149. The first-order valence-corrected chi connectivity index (χ1v) is 11.5. The molecule has 12 heteroatoms. The van der Waals surface area contributed by atoms with Gasteiger partial charge in [0, 0.05) is 6.08 Å². The Balaban J connectivity index is 1.31. The number of benzene rings is 1. The van der Waals surface area contributed by atoms with Crippen LogP contribution in [0, 0.1) is 5.92 Å². The number of rotatable bonds is 6. The molecule has 1 aromatic carbocycles. The summed E-state index contributed by atoms with van der Waals surface area (Å²) >= 11 is 0. The van der Waals surface area contributed by atoms with Crippen LogP contribution >= 0.6 is 0 Å². The van der Waals surface area contributed by atoms with Gasteiger partial charge in [-0.2, -0.15) is 0 Å². The van der Waals surface area contributed by atoms with Gasteiger partial charge in [0.1, 0.15) is 47.5 Å². The third kappa shape index (κ3) is 4.09. The van der Waals surface area contributed by atoms with E-state index >= 15 is 0 Å². The predicted molar refractivity (Wildman–Crippen MR) is 118 cm³/mol. The van der Waals surface area contributed by atoms with Crippen LogP contribution in [0.15, 0.2) is 42.7 Å². The van der Waals surface area contributed by atoms with E-state index in [0.29, 0.717) is 5.56 Å². The topological polar surface area (TPSA) is 188 Å². The number of aliphatic hydroxyl groups is 5. The molecule has 36 heavy (non-hydrogen) atoms. The molecule has 3 fully saturated rings. The Kier molecular flexibility index (Phi) is 6.34. The fraction of sp³-hybridized carbons (Fsp3) is 0.542. The number of fused-ring (bicyclic) bond motifs is 3. The number of phenolic OH excluding ortho intramolecular Hbond substituents is 1. The summed E-state index contributed by atoms with van der Waals surface area (Å²) in [6, 6.07) is 6.17. The lowest BCUT2D eigenvalue weighted by Crippen LogP contribution is -2.62. The lowest BCUT2D eigenvalue weighted by Gasteiger charge is -2.45. The summed E-state index contributed by atoms with van der Waals surface area (Å²) in [7, 11) is 0. The predicted octanol–water partition coefficient (Wildman–Crippen LogP) is -1.48. The number of aromatic hydroxyl groups is 1. The first kappa shape index (κ1) is 25.1. The Bertz CT molecular complexity index is 1040. The Morgan fingerprint density at radius 3 is 2.53 bits per heavy atom. The molecule has 0 bridgehead atoms. The third-order valence-corrected chi connectivity index (χ3v) is 7.22. The fourth-order valence-electron chi connectivity index (χ4n) is 5.21. The van der Waals surface area contributed by atoms with Crippen molar-refractivity contribution in [3.63, 3.8) is 0 Å². The van der Waals surface area contributed by atoms with E-state index in [1.807, 2.05) is 0 Å². The number of phenols is 1. The maximum absolute atomic E-state index is 12.6. The highest BCUT2D eigenvalue weighted by Crippen LogP contribution is 2.62. The monoisotopic (exact) mass is 508 g/mol. The number of hydrogen-bond acceptors (Lipinski definition) is 12. The van der Waals surface area contributed by atoms with Crippen molar-refractivity contribution < 1.29 is 59.1 Å². The van der Waals surface area contributed by atoms with Crippen LogP contribution < -0.4 is 0 Å². The van der Waals surface area contributed by atoms with Crippen molar-refractivity contribution in [3.05, 3.63) is 48.2 Å². The van der Waals surface area contributed by atoms with Crippen LogP contribution in [-0.2, 0) is 28.5 Å². The van der Waals surface area contributed by atoms with Crippen LogP contribution in [-0.4, -0.2) is 104 Å². The summed E-state index contributed by atoms with van der Waals surface area (Å²) in [6.45, 7) is 1.06. The molecule has 4 aliphatic rings. The van der Waals surface area contributed by atoms with E-state index in [-0.39, 0.29) is 5.75 Å². The standard InChI is InChI=1S/C24H28O12/c1-23-18-22(35-21-17(30)16(29)15(28)13(10-25)33-21)32-9-8-24(18,31)20(19(23)36-23)34-14(27)7-4-11-2-5-12(26)6-3-11/h2-9,13,15-22,25-26,28-31H,10H2,1H3/b7-4+/t13-,15-,16+,17-,18-,19+,20+,21+,22+,23-,24+/m1/s1. The molecule has 0 aromatic heterocycles. The van der Waals surface area contributed by atoms with Gasteiger partial charge in [-0.1, -0.05) is 12.1 Å². The molecule has 1 saturated carbocycles. The minimum atomic E-state index is -1.75. The molecule has 3 aliphatic heterocycles. The Labute approximate surface area is 205 Å². The maximum atomic E-state index is 12.6. The summed E-state index contributed by atoms with van der Waals surface area (Å²) in [5.74, 6) is -1.57. The average Bonchev–Trinajstić information content (AvgIpc) is 3.48. The number of ether oxygens (including phenoxy) is 5. The zero-order chi connectivity index (χ0) is 25.8. The zero-order valence-electron chi connectivity index (χ0n) is 19.2. The van der Waals surface area contributed by atoms with Crippen molar-refractivity contribution in [2.24, 2.45) is 5.92 Å². The van der Waals surface area contributed by atoms with Crippen LogP contribution in [0.1, 0.15) is 12.5 Å². The molecular formula is C24H28O12. The van der Waals surface area contributed by atoms with Crippen molar-refractivity contribution in [1.29, 1.82) is 0 Å². The number of hydrogen-bond donors (Lipinski definition) is 6. The van der Waals surface area contributed by atoms with E-state index in [2.05, 4.69) is 0 Å². The largest absolute Gasteiger partial charge is 0.508 e. The second kappa shape index (κ2) is 9.08. The molecule has 12 nitrogen and oxygen atoms in total. The lowest BCUT2D eigenvalue weighted by molar-refractivity contribution is -0.349. The van der Waals surface area contributed by atoms with Gasteiger partial charge >= 0.3 is 5.97 Å². The third-order valence-electron chi connectivity index (χ3n) is 7.22. The number of carbonyl (C=O) groups excluding carboxylic acids is 1. The second-order valence-corrected chi connectivity index (χ2v) is 9.51. The van der Waals surface area contributed by atoms with Gasteiger partial charge in [-0.05, 0) is 36.8 Å². The summed E-state index contributed by atoms with van der Waals surface area (Å²) < 4.78 is 28.1. The van der Waals surface area contributed by atoms with E-state index in [4.69, 9.17) is 23.7 Å². The van der Waals surface area contributed by atoms with E-state index in [9.17, 15) is 35.4 Å². The van der Waals surface area contributed by atoms with Gasteiger partial charge in [0.25, 0.3) is 0 Å². The van der Waals surface area contributed by atoms with Crippen molar-refractivity contribution in [2.75, 3.05) is 6.61 Å². The minimum absolute atomic E-state index is 0.0888. The molecule has 1 aliphatic carbocycles. The molecule has 0 unspecified atom stereocenters. The molecule has 0 spiro atoms. The number of esters is 1. The Morgan fingerprint density at radius 2 is 1.83 bits per heavy atom. The van der Waals surface area contributed by atoms with Gasteiger partial charge in [0.05, 0.1) is 18.8 Å². The van der Waals surface area contributed by atoms with Crippen LogP contribution in [0.5, 0.6) is 5.75 Å². The van der Waals surface area contributed by atoms with E-state index in [0.717, 1.165) is 0 Å². The Hall–Kier alpha value is -2.55. The molecule has 3 heterocycles. The molecular weight excluding hydrogens is 480 g/mol. The average molecular weight is 508 g/mol. The number of epoxide rings is 1. The van der Waals surface area contributed by atoms with E-state index in [1.165, 1.54) is 36.6 Å². The molecule has 2 saturated heterocycles. The first-order valence-electron chi connectivity index (χ1n) is 11.5. The number of carbonyl (C=O) groups is 1. The number of aliphatic hydroxyl groups excluding tert-OH is 4. The van der Waals surface area contributed by atoms with Crippen molar-refractivity contribution in [1.82, 2.24) is 0 Å². The smallest absolute Gasteiger partial charge is 0.331 e. The normalized spacial score (nSPS) is 45.1. The highest BCUT2D eigenvalue weighted by molar-refractivity contribution is 5.87. The van der Waals surface area contributed by atoms with Gasteiger partial charge in [-0.15, -0.1) is 0 Å². The zero-order valence-corrected chi connectivity index (χ0v) is 19.2. The molecule has 0 radical (unpaired) electrons. The van der Waals surface area contributed by atoms with Crippen molar-refractivity contribution >= 4 is 12.0 Å². The molecule has 196 valence electrons. The van der Waals surface area contributed by atoms with Crippen molar-refractivity contribution in [2.45, 2.75) is 67.3 Å². The van der Waals surface area contributed by atoms with Crippen molar-refractivity contribution in [3.8, 4) is 5.75 Å². The summed E-state index contributed by atoms with van der Waals surface area (Å²) in [4.78, 5) is 12.6. The minimum Gasteiger partial charge on any atom is -0.508 e. The second-order valence-electron chi connectivity index (χ2n) is 9.51.